The molecule has 0 unspecified atom stereocenters. The van der Waals surface area contributed by atoms with Crippen LogP contribution in [-0.2, 0) is 6.54 Å². The molecular formula is C23H34Cl3N3. The van der Waals surface area contributed by atoms with E-state index in [2.05, 4.69) is 71.7 Å². The van der Waals surface area contributed by atoms with Crippen molar-refractivity contribution in [3.63, 3.8) is 0 Å². The SMILES string of the molecule is CCN(CCCNCCCN)Cc1c2ccccc2cc2ccccc12.Cl.Cl.Cl. The van der Waals surface area contributed by atoms with Crippen LogP contribution in [0.5, 0.6) is 0 Å². The van der Waals surface area contributed by atoms with Gasteiger partial charge >= 0.3 is 0 Å². The highest BCUT2D eigenvalue weighted by molar-refractivity contribution is 6.02. The van der Waals surface area contributed by atoms with E-state index < -0.39 is 0 Å². The average Bonchev–Trinajstić information content (AvgIpc) is 2.69. The molecule has 3 rings (SSSR count). The second kappa shape index (κ2) is 14.8. The largest absolute Gasteiger partial charge is 0.330 e. The topological polar surface area (TPSA) is 41.3 Å². The lowest BCUT2D eigenvalue weighted by Crippen LogP contribution is -2.28. The third kappa shape index (κ3) is 7.60. The summed E-state index contributed by atoms with van der Waals surface area (Å²) in [6.45, 7) is 8.30. The smallest absolute Gasteiger partial charge is 0.0245 e. The van der Waals surface area contributed by atoms with Crippen molar-refractivity contribution in [2.75, 3.05) is 32.7 Å². The van der Waals surface area contributed by atoms with Gasteiger partial charge in [0.05, 0.1) is 0 Å². The average molecular weight is 459 g/mol. The van der Waals surface area contributed by atoms with Gasteiger partial charge in [-0.25, -0.2) is 0 Å². The molecule has 0 saturated heterocycles. The van der Waals surface area contributed by atoms with Gasteiger partial charge in [-0.05, 0) is 78.7 Å². The lowest BCUT2D eigenvalue weighted by molar-refractivity contribution is 0.277. The molecule has 0 aliphatic heterocycles. The summed E-state index contributed by atoms with van der Waals surface area (Å²) in [7, 11) is 0. The maximum atomic E-state index is 5.54. The van der Waals surface area contributed by atoms with Gasteiger partial charge in [0, 0.05) is 6.54 Å². The first-order valence-corrected chi connectivity index (χ1v) is 9.86. The Morgan fingerprint density at radius 2 is 1.38 bits per heavy atom. The van der Waals surface area contributed by atoms with Crippen molar-refractivity contribution in [2.45, 2.75) is 26.3 Å². The Labute approximate surface area is 193 Å². The Morgan fingerprint density at radius 3 is 1.93 bits per heavy atom. The Balaban J connectivity index is 0.00000261. The number of nitrogens with two attached hydrogens (primary N) is 1. The molecule has 0 spiro atoms. The first-order chi connectivity index (χ1) is 12.8. The molecule has 3 nitrogen and oxygen atoms in total. The summed E-state index contributed by atoms with van der Waals surface area (Å²) in [4.78, 5) is 2.55. The van der Waals surface area contributed by atoms with E-state index in [4.69, 9.17) is 5.73 Å². The number of nitrogens with zero attached hydrogens (tertiary/aromatic N) is 1. The van der Waals surface area contributed by atoms with Crippen LogP contribution in [0.25, 0.3) is 21.5 Å². The molecular weight excluding hydrogens is 425 g/mol. The molecule has 0 aliphatic rings. The van der Waals surface area contributed by atoms with Crippen LogP contribution in [-0.4, -0.2) is 37.6 Å². The number of fused-ring (bicyclic) bond motifs is 2. The van der Waals surface area contributed by atoms with E-state index in [1.807, 2.05) is 0 Å². The second-order valence-corrected chi connectivity index (χ2v) is 6.91. The number of halogens is 3. The molecule has 0 saturated carbocycles. The van der Waals surface area contributed by atoms with Crippen LogP contribution in [0.15, 0.2) is 54.6 Å². The zero-order valence-corrected chi connectivity index (χ0v) is 19.6. The van der Waals surface area contributed by atoms with Crippen LogP contribution in [0.1, 0.15) is 25.3 Å². The third-order valence-corrected chi connectivity index (χ3v) is 5.10. The third-order valence-electron chi connectivity index (χ3n) is 5.10. The molecule has 0 radical (unpaired) electrons. The van der Waals surface area contributed by atoms with E-state index in [0.717, 1.165) is 45.7 Å². The van der Waals surface area contributed by atoms with Crippen molar-refractivity contribution in [2.24, 2.45) is 5.73 Å². The fourth-order valence-corrected chi connectivity index (χ4v) is 3.63. The van der Waals surface area contributed by atoms with Crippen LogP contribution in [0.4, 0.5) is 0 Å². The van der Waals surface area contributed by atoms with Gasteiger partial charge in [-0.2, -0.15) is 0 Å². The number of nitrogens with one attached hydrogen (secondary N) is 1. The minimum atomic E-state index is 0. The van der Waals surface area contributed by atoms with E-state index in [-0.39, 0.29) is 37.2 Å². The maximum absolute atomic E-state index is 5.54. The molecule has 6 heteroatoms. The highest BCUT2D eigenvalue weighted by Gasteiger charge is 2.11. The summed E-state index contributed by atoms with van der Waals surface area (Å²) in [6.07, 6.45) is 2.22. The van der Waals surface area contributed by atoms with Crippen molar-refractivity contribution < 1.29 is 0 Å². The number of hydrogen-bond acceptors (Lipinski definition) is 3. The van der Waals surface area contributed by atoms with E-state index in [0.29, 0.717) is 0 Å². The lowest BCUT2D eigenvalue weighted by Gasteiger charge is -2.23. The molecule has 0 heterocycles. The Kier molecular flexibility index (Phi) is 14.3. The van der Waals surface area contributed by atoms with Crippen molar-refractivity contribution in [1.29, 1.82) is 0 Å². The molecule has 3 N–H and O–H groups in total. The monoisotopic (exact) mass is 457 g/mol. The molecule has 3 aromatic rings. The predicted molar refractivity (Wildman–Crippen MR) is 135 cm³/mol. The van der Waals surface area contributed by atoms with E-state index in [1.54, 1.807) is 0 Å². The lowest BCUT2D eigenvalue weighted by atomic mass is 9.96. The minimum absolute atomic E-state index is 0. The summed E-state index contributed by atoms with van der Waals surface area (Å²) >= 11 is 0. The molecule has 0 bridgehead atoms. The first kappa shape index (κ1) is 27.9. The summed E-state index contributed by atoms with van der Waals surface area (Å²) < 4.78 is 0. The maximum Gasteiger partial charge on any atom is 0.0245 e. The molecule has 162 valence electrons. The Hall–Kier alpha value is -1.07. The highest BCUT2D eigenvalue weighted by atomic mass is 35.5. The van der Waals surface area contributed by atoms with Gasteiger partial charge in [-0.1, -0.05) is 55.5 Å². The van der Waals surface area contributed by atoms with E-state index in [9.17, 15) is 0 Å². The molecule has 3 aromatic carbocycles. The molecule has 0 amide bonds. The summed E-state index contributed by atoms with van der Waals surface area (Å²) in [5.41, 5.74) is 7.00. The molecule has 0 fully saturated rings. The minimum Gasteiger partial charge on any atom is -0.330 e. The predicted octanol–water partition coefficient (Wildman–Crippen LogP) is 5.41. The van der Waals surface area contributed by atoms with Crippen LogP contribution >= 0.6 is 37.2 Å². The van der Waals surface area contributed by atoms with E-state index in [1.165, 1.54) is 33.5 Å². The van der Waals surface area contributed by atoms with Gasteiger partial charge < -0.3 is 11.1 Å². The van der Waals surface area contributed by atoms with Crippen LogP contribution in [0, 0.1) is 0 Å². The highest BCUT2D eigenvalue weighted by Crippen LogP contribution is 2.29. The van der Waals surface area contributed by atoms with Gasteiger partial charge in [0.15, 0.2) is 0 Å². The normalized spacial score (nSPS) is 10.4. The fourth-order valence-electron chi connectivity index (χ4n) is 3.63. The molecule has 0 aliphatic carbocycles. The summed E-state index contributed by atoms with van der Waals surface area (Å²) in [5, 5.41) is 8.91. The molecule has 29 heavy (non-hydrogen) atoms. The number of rotatable bonds is 10. The molecule has 0 atom stereocenters. The Bertz CT molecular complexity index is 788. The van der Waals surface area contributed by atoms with Gasteiger partial charge in [0.1, 0.15) is 0 Å². The zero-order chi connectivity index (χ0) is 18.2. The zero-order valence-electron chi connectivity index (χ0n) is 17.1. The van der Waals surface area contributed by atoms with Gasteiger partial charge in [-0.15, -0.1) is 37.2 Å². The van der Waals surface area contributed by atoms with Crippen molar-refractivity contribution in [1.82, 2.24) is 10.2 Å². The van der Waals surface area contributed by atoms with E-state index >= 15 is 0 Å². The van der Waals surface area contributed by atoms with Crippen LogP contribution in [0.2, 0.25) is 0 Å². The summed E-state index contributed by atoms with van der Waals surface area (Å²) in [5.74, 6) is 0. The van der Waals surface area contributed by atoms with Crippen LogP contribution in [0.3, 0.4) is 0 Å². The Morgan fingerprint density at radius 1 is 0.828 bits per heavy atom. The molecule has 0 aromatic heterocycles. The fraction of sp³-hybridized carbons (Fsp3) is 0.391. The standard InChI is InChI=1S/C23H31N3.3ClH/c1-2-26(16-8-15-25-14-7-13-24)18-23-21-11-5-3-9-19(21)17-20-10-4-6-12-22(20)23;;;/h3-6,9-12,17,25H,2,7-8,13-16,18,24H2,1H3;3*1H. The van der Waals surface area contributed by atoms with Gasteiger partial charge in [-0.3, -0.25) is 4.90 Å². The number of benzene rings is 3. The summed E-state index contributed by atoms with van der Waals surface area (Å²) in [6, 6.07) is 19.9. The quantitative estimate of drug-likeness (QED) is 0.315. The number of hydrogen-bond donors (Lipinski definition) is 2. The second-order valence-electron chi connectivity index (χ2n) is 6.91. The van der Waals surface area contributed by atoms with Gasteiger partial charge in [0.25, 0.3) is 0 Å². The van der Waals surface area contributed by atoms with Crippen molar-refractivity contribution in [3.05, 3.63) is 60.2 Å². The van der Waals surface area contributed by atoms with Crippen LogP contribution < -0.4 is 11.1 Å². The first-order valence-electron chi connectivity index (χ1n) is 9.86. The van der Waals surface area contributed by atoms with Crippen molar-refractivity contribution in [3.8, 4) is 0 Å². The van der Waals surface area contributed by atoms with Gasteiger partial charge in [0.2, 0.25) is 0 Å². The van der Waals surface area contributed by atoms with Crippen molar-refractivity contribution >= 4 is 58.8 Å².